The first kappa shape index (κ1) is 23.8. The number of rotatable bonds is 10. The SMILES string of the molecule is COc1cc(OC)cc(C(CCCNC(C)C)c2ccc3ncc(-c4cnn(C)c4)cc3c2)c1. The highest BCUT2D eigenvalue weighted by atomic mass is 16.5. The predicted octanol–water partition coefficient (Wildman–Crippen LogP) is 5.56. The predicted molar refractivity (Wildman–Crippen MR) is 138 cm³/mol. The minimum Gasteiger partial charge on any atom is -0.497 e. The zero-order valence-electron chi connectivity index (χ0n) is 20.7. The van der Waals surface area contributed by atoms with E-state index in [2.05, 4.69) is 60.7 Å². The Morgan fingerprint density at radius 1 is 0.912 bits per heavy atom. The van der Waals surface area contributed by atoms with Gasteiger partial charge in [0.1, 0.15) is 11.5 Å². The molecule has 1 atom stereocenters. The molecule has 0 amide bonds. The summed E-state index contributed by atoms with van der Waals surface area (Å²) in [6.07, 6.45) is 7.88. The number of fused-ring (bicyclic) bond motifs is 1. The van der Waals surface area contributed by atoms with E-state index in [1.54, 1.807) is 14.2 Å². The Labute approximate surface area is 201 Å². The lowest BCUT2D eigenvalue weighted by molar-refractivity contribution is 0.392. The number of ether oxygens (including phenoxy) is 2. The van der Waals surface area contributed by atoms with Crippen LogP contribution in [-0.2, 0) is 7.05 Å². The second-order valence-corrected chi connectivity index (χ2v) is 9.03. The molecule has 178 valence electrons. The summed E-state index contributed by atoms with van der Waals surface area (Å²) in [6.45, 7) is 5.34. The van der Waals surface area contributed by atoms with Crippen LogP contribution in [0.1, 0.15) is 43.7 Å². The summed E-state index contributed by atoms with van der Waals surface area (Å²) in [7, 11) is 5.32. The molecule has 4 aromatic rings. The van der Waals surface area contributed by atoms with Gasteiger partial charge in [-0.25, -0.2) is 0 Å². The Balaban J connectivity index is 1.72. The van der Waals surface area contributed by atoms with E-state index in [9.17, 15) is 0 Å². The summed E-state index contributed by atoms with van der Waals surface area (Å²) < 4.78 is 12.9. The molecule has 0 radical (unpaired) electrons. The third-order valence-corrected chi connectivity index (χ3v) is 6.14. The van der Waals surface area contributed by atoms with Crippen molar-refractivity contribution in [3.63, 3.8) is 0 Å². The second kappa shape index (κ2) is 10.7. The number of nitrogens with zero attached hydrogens (tertiary/aromatic N) is 3. The van der Waals surface area contributed by atoms with Crippen molar-refractivity contribution in [2.75, 3.05) is 20.8 Å². The minimum atomic E-state index is 0.212. The highest BCUT2D eigenvalue weighted by molar-refractivity contribution is 5.84. The normalized spacial score (nSPS) is 12.3. The van der Waals surface area contributed by atoms with Crippen LogP contribution in [0.2, 0.25) is 0 Å². The molecule has 0 aliphatic heterocycles. The molecule has 6 nitrogen and oxygen atoms in total. The van der Waals surface area contributed by atoms with E-state index in [1.165, 1.54) is 11.1 Å². The quantitative estimate of drug-likeness (QED) is 0.315. The molecule has 2 aromatic carbocycles. The molecule has 1 N–H and O–H groups in total. The number of nitrogens with one attached hydrogen (secondary N) is 1. The molecule has 0 saturated carbocycles. The van der Waals surface area contributed by atoms with Crippen LogP contribution in [0.5, 0.6) is 11.5 Å². The molecular formula is C28H34N4O2. The van der Waals surface area contributed by atoms with Gasteiger partial charge < -0.3 is 14.8 Å². The fourth-order valence-corrected chi connectivity index (χ4v) is 4.35. The first-order valence-electron chi connectivity index (χ1n) is 11.8. The van der Waals surface area contributed by atoms with E-state index in [4.69, 9.17) is 14.5 Å². The number of hydrogen-bond acceptors (Lipinski definition) is 5. The molecule has 2 aromatic heterocycles. The van der Waals surface area contributed by atoms with Crippen LogP contribution in [0.3, 0.4) is 0 Å². The van der Waals surface area contributed by atoms with Crippen LogP contribution < -0.4 is 14.8 Å². The summed E-state index contributed by atoms with van der Waals surface area (Å²) >= 11 is 0. The van der Waals surface area contributed by atoms with Gasteiger partial charge in [-0.1, -0.05) is 19.9 Å². The van der Waals surface area contributed by atoms with Crippen LogP contribution >= 0.6 is 0 Å². The van der Waals surface area contributed by atoms with Gasteiger partial charge in [0, 0.05) is 54.0 Å². The maximum Gasteiger partial charge on any atom is 0.122 e. The average molecular weight is 459 g/mol. The van der Waals surface area contributed by atoms with Crippen LogP contribution in [0, 0.1) is 0 Å². The highest BCUT2D eigenvalue weighted by Gasteiger charge is 2.18. The second-order valence-electron chi connectivity index (χ2n) is 9.03. The number of aromatic nitrogens is 3. The van der Waals surface area contributed by atoms with Crippen molar-refractivity contribution in [2.24, 2.45) is 7.05 Å². The summed E-state index contributed by atoms with van der Waals surface area (Å²) in [5, 5.41) is 8.97. The van der Waals surface area contributed by atoms with Gasteiger partial charge in [0.05, 0.1) is 25.9 Å². The molecule has 0 aliphatic carbocycles. The van der Waals surface area contributed by atoms with Crippen LogP contribution in [0.25, 0.3) is 22.0 Å². The third-order valence-electron chi connectivity index (χ3n) is 6.14. The molecular weight excluding hydrogens is 424 g/mol. The lowest BCUT2D eigenvalue weighted by atomic mass is 9.86. The Bertz CT molecular complexity index is 1230. The Morgan fingerprint density at radius 3 is 2.32 bits per heavy atom. The van der Waals surface area contributed by atoms with Crippen molar-refractivity contribution in [3.8, 4) is 22.6 Å². The molecule has 4 rings (SSSR count). The van der Waals surface area contributed by atoms with Crippen molar-refractivity contribution in [1.82, 2.24) is 20.1 Å². The minimum absolute atomic E-state index is 0.212. The molecule has 6 heteroatoms. The molecule has 0 spiro atoms. The van der Waals surface area contributed by atoms with Gasteiger partial charge in [-0.15, -0.1) is 0 Å². The summed E-state index contributed by atoms with van der Waals surface area (Å²) in [6, 6.07) is 15.4. The smallest absolute Gasteiger partial charge is 0.122 e. The lowest BCUT2D eigenvalue weighted by Crippen LogP contribution is -2.24. The van der Waals surface area contributed by atoms with Crippen molar-refractivity contribution in [1.29, 1.82) is 0 Å². The van der Waals surface area contributed by atoms with Gasteiger partial charge in [-0.2, -0.15) is 5.10 Å². The van der Waals surface area contributed by atoms with E-state index in [0.29, 0.717) is 6.04 Å². The summed E-state index contributed by atoms with van der Waals surface area (Å²) in [5.74, 6) is 1.83. The molecule has 0 saturated heterocycles. The molecule has 2 heterocycles. The number of pyridine rings is 1. The molecule has 0 fully saturated rings. The first-order chi connectivity index (χ1) is 16.5. The number of aryl methyl sites for hydroxylation is 1. The largest absolute Gasteiger partial charge is 0.497 e. The molecule has 0 aliphatic rings. The van der Waals surface area contributed by atoms with E-state index in [-0.39, 0.29) is 5.92 Å². The van der Waals surface area contributed by atoms with E-state index < -0.39 is 0 Å². The van der Waals surface area contributed by atoms with E-state index >= 15 is 0 Å². The standard InChI is InChI=1S/C28H34N4O2/c1-19(2)29-10-6-7-27(21-13-25(33-4)15-26(14-21)34-5)20-8-9-28-22(11-20)12-23(16-30-28)24-17-31-32(3)18-24/h8-9,11-19,27,29H,6-7,10H2,1-5H3. The fraction of sp³-hybridized carbons (Fsp3) is 0.357. The monoisotopic (exact) mass is 458 g/mol. The van der Waals surface area contributed by atoms with Crippen molar-refractivity contribution in [2.45, 2.75) is 38.6 Å². The lowest BCUT2D eigenvalue weighted by Gasteiger charge is -2.21. The molecule has 0 bridgehead atoms. The van der Waals surface area contributed by atoms with Crippen molar-refractivity contribution in [3.05, 3.63) is 72.2 Å². The van der Waals surface area contributed by atoms with Crippen molar-refractivity contribution >= 4 is 10.9 Å². The van der Waals surface area contributed by atoms with Crippen LogP contribution in [0.4, 0.5) is 0 Å². The van der Waals surface area contributed by atoms with Crippen LogP contribution in [0.15, 0.2) is 61.1 Å². The van der Waals surface area contributed by atoms with Gasteiger partial charge in [-0.05, 0) is 60.8 Å². The maximum atomic E-state index is 5.57. The summed E-state index contributed by atoms with van der Waals surface area (Å²) in [5.41, 5.74) is 5.57. The number of hydrogen-bond donors (Lipinski definition) is 1. The van der Waals surface area contributed by atoms with E-state index in [1.807, 2.05) is 36.4 Å². The zero-order chi connectivity index (χ0) is 24.1. The third kappa shape index (κ3) is 5.57. The highest BCUT2D eigenvalue weighted by Crippen LogP contribution is 2.36. The first-order valence-corrected chi connectivity index (χ1v) is 11.8. The topological polar surface area (TPSA) is 61.2 Å². The average Bonchev–Trinajstić information content (AvgIpc) is 3.29. The Kier molecular flexibility index (Phi) is 7.48. The van der Waals surface area contributed by atoms with Gasteiger partial charge in [0.25, 0.3) is 0 Å². The maximum absolute atomic E-state index is 5.57. The van der Waals surface area contributed by atoms with Gasteiger partial charge in [0.15, 0.2) is 0 Å². The van der Waals surface area contributed by atoms with Gasteiger partial charge >= 0.3 is 0 Å². The Morgan fingerprint density at radius 2 is 1.68 bits per heavy atom. The number of methoxy groups -OCH3 is 2. The van der Waals surface area contributed by atoms with Gasteiger partial charge in [0.2, 0.25) is 0 Å². The molecule has 34 heavy (non-hydrogen) atoms. The van der Waals surface area contributed by atoms with Gasteiger partial charge in [-0.3, -0.25) is 9.67 Å². The fourth-order valence-electron chi connectivity index (χ4n) is 4.35. The Hall–Kier alpha value is -3.38. The van der Waals surface area contributed by atoms with Crippen molar-refractivity contribution < 1.29 is 9.47 Å². The summed E-state index contributed by atoms with van der Waals surface area (Å²) in [4.78, 5) is 4.70. The van der Waals surface area contributed by atoms with Crippen LogP contribution in [-0.4, -0.2) is 41.6 Å². The molecule has 1 unspecified atom stereocenters. The zero-order valence-corrected chi connectivity index (χ0v) is 20.7. The number of benzene rings is 2. The van der Waals surface area contributed by atoms with E-state index in [0.717, 1.165) is 52.9 Å².